The molecule has 1 aliphatic rings. The quantitative estimate of drug-likeness (QED) is 0.434. The Balaban J connectivity index is 1.63. The third-order valence-corrected chi connectivity index (χ3v) is 5.24. The molecule has 1 amide bonds. The van der Waals surface area contributed by atoms with Crippen molar-refractivity contribution in [3.8, 4) is 11.3 Å². The molecule has 0 radical (unpaired) electrons. The Morgan fingerprint density at radius 1 is 1.12 bits per heavy atom. The van der Waals surface area contributed by atoms with Crippen LogP contribution in [0.3, 0.4) is 0 Å². The maximum absolute atomic E-state index is 14.0. The van der Waals surface area contributed by atoms with Crippen LogP contribution in [0.1, 0.15) is 23.2 Å². The second-order valence-corrected chi connectivity index (χ2v) is 7.61. The lowest BCUT2D eigenvalue weighted by Gasteiger charge is -2.12. The Morgan fingerprint density at radius 3 is 2.53 bits per heavy atom. The number of alkyl halides is 2. The molecule has 10 heteroatoms. The van der Waals surface area contributed by atoms with Crippen molar-refractivity contribution in [2.45, 2.75) is 25.3 Å². The van der Waals surface area contributed by atoms with Gasteiger partial charge in [-0.05, 0) is 25.0 Å². The molecular weight excluding hydrogens is 426 g/mol. The van der Waals surface area contributed by atoms with E-state index in [0.29, 0.717) is 16.8 Å². The number of nitrogens with zero attached hydrogens (tertiary/aromatic N) is 3. The molecule has 0 bridgehead atoms. The van der Waals surface area contributed by atoms with Gasteiger partial charge in [-0.25, -0.2) is 27.5 Å². The normalized spacial score (nSPS) is 13.8. The molecule has 6 nitrogen and oxygen atoms in total. The molecule has 4 aromatic rings. The molecule has 32 heavy (non-hydrogen) atoms. The Labute approximate surface area is 179 Å². The Hall–Kier alpha value is -3.69. The summed E-state index contributed by atoms with van der Waals surface area (Å²) < 4.78 is 54.9. The number of hydrogen-bond acceptors (Lipinski definition) is 4. The Bertz CT molecular complexity index is 1330. The highest BCUT2D eigenvalue weighted by atomic mass is 19.3. The van der Waals surface area contributed by atoms with Crippen LogP contribution in [0.4, 0.5) is 23.4 Å². The molecular formula is C22H17F4N5O. The summed E-state index contributed by atoms with van der Waals surface area (Å²) in [6.07, 6.45) is 0.809. The number of anilines is 1. The average Bonchev–Trinajstić information content (AvgIpc) is 3.47. The lowest BCUT2D eigenvalue weighted by molar-refractivity contribution is 0.0951. The van der Waals surface area contributed by atoms with Crippen LogP contribution in [-0.4, -0.2) is 39.3 Å². The van der Waals surface area contributed by atoms with Crippen molar-refractivity contribution in [3.05, 3.63) is 59.8 Å². The average molecular weight is 443 g/mol. The first-order chi connectivity index (χ1) is 15.4. The van der Waals surface area contributed by atoms with Crippen molar-refractivity contribution in [2.24, 2.45) is 0 Å². The van der Waals surface area contributed by atoms with E-state index in [4.69, 9.17) is 0 Å². The van der Waals surface area contributed by atoms with E-state index in [1.807, 2.05) is 0 Å². The summed E-state index contributed by atoms with van der Waals surface area (Å²) in [5, 5.41) is 5.42. The van der Waals surface area contributed by atoms with Gasteiger partial charge in [-0.2, -0.15) is 0 Å². The second-order valence-electron chi connectivity index (χ2n) is 7.61. The van der Waals surface area contributed by atoms with Crippen LogP contribution >= 0.6 is 0 Å². The SMILES string of the molecule is O=C(NC1CC1)c1ccc(-c2cnc3c(NCC(F)F)nc4cc(F)c(F)cc4n23)cc1. The number of benzene rings is 2. The van der Waals surface area contributed by atoms with Gasteiger partial charge in [0.25, 0.3) is 12.3 Å². The number of fused-ring (bicyclic) bond motifs is 3. The van der Waals surface area contributed by atoms with Gasteiger partial charge < -0.3 is 10.6 Å². The van der Waals surface area contributed by atoms with E-state index in [2.05, 4.69) is 20.6 Å². The predicted octanol–water partition coefficient (Wildman–Crippen LogP) is 4.40. The van der Waals surface area contributed by atoms with Gasteiger partial charge in [0.2, 0.25) is 0 Å². The van der Waals surface area contributed by atoms with E-state index in [1.165, 1.54) is 10.6 Å². The van der Waals surface area contributed by atoms with E-state index in [0.717, 1.165) is 25.0 Å². The first kappa shape index (κ1) is 20.2. The summed E-state index contributed by atoms with van der Waals surface area (Å²) >= 11 is 0. The van der Waals surface area contributed by atoms with Crippen molar-refractivity contribution in [2.75, 3.05) is 11.9 Å². The number of rotatable bonds is 6. The monoisotopic (exact) mass is 443 g/mol. The summed E-state index contributed by atoms with van der Waals surface area (Å²) in [4.78, 5) is 20.7. The molecule has 0 saturated heterocycles. The molecule has 2 aromatic heterocycles. The molecule has 1 fully saturated rings. The fourth-order valence-electron chi connectivity index (χ4n) is 3.51. The van der Waals surface area contributed by atoms with Gasteiger partial charge in [-0.3, -0.25) is 9.20 Å². The molecule has 0 unspecified atom stereocenters. The summed E-state index contributed by atoms with van der Waals surface area (Å²) in [6, 6.07) is 8.87. The number of aromatic nitrogens is 3. The zero-order chi connectivity index (χ0) is 22.4. The van der Waals surface area contributed by atoms with Gasteiger partial charge in [0.1, 0.15) is 0 Å². The number of carbonyl (C=O) groups excluding carboxylic acids is 1. The van der Waals surface area contributed by atoms with Gasteiger partial charge in [0, 0.05) is 29.3 Å². The topological polar surface area (TPSA) is 71.3 Å². The van der Waals surface area contributed by atoms with E-state index >= 15 is 0 Å². The molecule has 2 heterocycles. The van der Waals surface area contributed by atoms with Crippen LogP contribution in [0.5, 0.6) is 0 Å². The summed E-state index contributed by atoms with van der Waals surface area (Å²) in [7, 11) is 0. The molecule has 1 aliphatic carbocycles. The zero-order valence-electron chi connectivity index (χ0n) is 16.6. The van der Waals surface area contributed by atoms with E-state index in [9.17, 15) is 22.4 Å². The Kier molecular flexibility index (Phi) is 4.91. The number of amides is 1. The maximum atomic E-state index is 14.0. The lowest BCUT2D eigenvalue weighted by atomic mass is 10.1. The van der Waals surface area contributed by atoms with Gasteiger partial charge >= 0.3 is 0 Å². The van der Waals surface area contributed by atoms with E-state index in [-0.39, 0.29) is 34.4 Å². The maximum Gasteiger partial charge on any atom is 0.255 e. The summed E-state index contributed by atoms with van der Waals surface area (Å²) in [6.45, 7) is -0.676. The zero-order valence-corrected chi connectivity index (χ0v) is 16.6. The smallest absolute Gasteiger partial charge is 0.255 e. The van der Waals surface area contributed by atoms with Crippen molar-refractivity contribution in [3.63, 3.8) is 0 Å². The van der Waals surface area contributed by atoms with Crippen LogP contribution in [0.15, 0.2) is 42.6 Å². The summed E-state index contributed by atoms with van der Waals surface area (Å²) in [5.41, 5.74) is 2.14. The van der Waals surface area contributed by atoms with Crippen LogP contribution < -0.4 is 10.6 Å². The van der Waals surface area contributed by atoms with Gasteiger partial charge in [0.15, 0.2) is 23.1 Å². The number of halogens is 4. The molecule has 2 N–H and O–H groups in total. The number of nitrogens with one attached hydrogen (secondary N) is 2. The number of carbonyl (C=O) groups is 1. The molecule has 0 atom stereocenters. The minimum Gasteiger partial charge on any atom is -0.361 e. The predicted molar refractivity (Wildman–Crippen MR) is 111 cm³/mol. The van der Waals surface area contributed by atoms with Crippen molar-refractivity contribution in [1.29, 1.82) is 0 Å². The first-order valence-corrected chi connectivity index (χ1v) is 10.0. The van der Waals surface area contributed by atoms with Gasteiger partial charge in [0.05, 0.1) is 29.5 Å². The van der Waals surface area contributed by atoms with Crippen molar-refractivity contribution in [1.82, 2.24) is 19.7 Å². The van der Waals surface area contributed by atoms with Crippen LogP contribution in [-0.2, 0) is 0 Å². The van der Waals surface area contributed by atoms with E-state index < -0.39 is 24.6 Å². The minimum absolute atomic E-state index is 0.0236. The third kappa shape index (κ3) is 3.72. The molecule has 164 valence electrons. The summed E-state index contributed by atoms with van der Waals surface area (Å²) in [5.74, 6) is -2.31. The first-order valence-electron chi connectivity index (χ1n) is 10.0. The van der Waals surface area contributed by atoms with Gasteiger partial charge in [-0.15, -0.1) is 0 Å². The molecule has 5 rings (SSSR count). The molecule has 2 aromatic carbocycles. The highest BCUT2D eigenvalue weighted by molar-refractivity contribution is 5.95. The highest BCUT2D eigenvalue weighted by Crippen LogP contribution is 2.30. The van der Waals surface area contributed by atoms with Crippen molar-refractivity contribution < 1.29 is 22.4 Å². The highest BCUT2D eigenvalue weighted by Gasteiger charge is 2.24. The van der Waals surface area contributed by atoms with E-state index in [1.54, 1.807) is 24.3 Å². The fraction of sp³-hybridized carbons (Fsp3) is 0.227. The largest absolute Gasteiger partial charge is 0.361 e. The third-order valence-electron chi connectivity index (χ3n) is 5.24. The van der Waals surface area contributed by atoms with Crippen LogP contribution in [0, 0.1) is 11.6 Å². The lowest BCUT2D eigenvalue weighted by Crippen LogP contribution is -2.25. The molecule has 0 spiro atoms. The standard InChI is InChI=1S/C22H17F4N5O/c23-14-7-16-17(8-15(14)24)31-18(9-28-21(31)20(30-16)27-10-19(25)26)11-1-3-12(4-2-11)22(32)29-13-5-6-13/h1-4,7-9,13,19H,5-6,10H2,(H,27,30)(H,29,32). The minimum atomic E-state index is -2.64. The van der Waals surface area contributed by atoms with Crippen LogP contribution in [0.25, 0.3) is 27.9 Å². The molecule has 0 aliphatic heterocycles. The fourth-order valence-corrected chi connectivity index (χ4v) is 3.51. The van der Waals surface area contributed by atoms with Crippen LogP contribution in [0.2, 0.25) is 0 Å². The molecule has 1 saturated carbocycles. The number of imidazole rings is 1. The number of hydrogen-bond donors (Lipinski definition) is 2. The second kappa shape index (κ2) is 7.77. The van der Waals surface area contributed by atoms with Crippen molar-refractivity contribution >= 4 is 28.4 Å². The van der Waals surface area contributed by atoms with Gasteiger partial charge in [-0.1, -0.05) is 12.1 Å². The Morgan fingerprint density at radius 2 is 1.84 bits per heavy atom.